The van der Waals surface area contributed by atoms with E-state index in [2.05, 4.69) is 16.0 Å². The summed E-state index contributed by atoms with van der Waals surface area (Å²) in [4.78, 5) is 10.2. The fraction of sp³-hybridized carbons (Fsp3) is 0.267. The summed E-state index contributed by atoms with van der Waals surface area (Å²) in [7, 11) is 3.57. The van der Waals surface area contributed by atoms with Crippen molar-refractivity contribution in [3.05, 3.63) is 47.9 Å². The average Bonchev–Trinajstić information content (AvgIpc) is 2.52. The second kappa shape index (κ2) is 6.53. The van der Waals surface area contributed by atoms with E-state index in [-0.39, 0.29) is 0 Å². The number of benzene rings is 1. The van der Waals surface area contributed by atoms with Gasteiger partial charge in [-0.05, 0) is 18.1 Å². The number of hydrogen-bond donors (Lipinski definition) is 0. The maximum absolute atomic E-state index is 9.04. The Balaban J connectivity index is 2.09. The molecule has 0 unspecified atom stereocenters. The smallest absolute Gasteiger partial charge is 0.183 e. The van der Waals surface area contributed by atoms with Gasteiger partial charge in [-0.1, -0.05) is 18.2 Å². The lowest BCUT2D eigenvalue weighted by Gasteiger charge is -2.19. The van der Waals surface area contributed by atoms with Gasteiger partial charge in [0.1, 0.15) is 11.8 Å². The van der Waals surface area contributed by atoms with E-state index in [0.717, 1.165) is 24.3 Å². The Morgan fingerprint density at radius 3 is 2.75 bits per heavy atom. The van der Waals surface area contributed by atoms with E-state index in [0.29, 0.717) is 11.5 Å². The molecule has 0 aliphatic carbocycles. The van der Waals surface area contributed by atoms with Crippen molar-refractivity contribution in [2.24, 2.45) is 0 Å². The molecule has 5 heteroatoms. The number of para-hydroxylation sites is 1. The third-order valence-electron chi connectivity index (χ3n) is 3.06. The fourth-order valence-corrected chi connectivity index (χ4v) is 1.99. The number of anilines is 1. The number of likely N-dealkylation sites (N-methyl/N-ethyl adjacent to an activating group) is 1. The van der Waals surface area contributed by atoms with Gasteiger partial charge in [0.2, 0.25) is 0 Å². The van der Waals surface area contributed by atoms with Gasteiger partial charge in [-0.2, -0.15) is 5.26 Å². The summed E-state index contributed by atoms with van der Waals surface area (Å²) < 4.78 is 5.33. The summed E-state index contributed by atoms with van der Waals surface area (Å²) in [5.74, 6) is 1.48. The quantitative estimate of drug-likeness (QED) is 0.830. The van der Waals surface area contributed by atoms with E-state index in [1.54, 1.807) is 13.3 Å². The molecule has 0 radical (unpaired) electrons. The van der Waals surface area contributed by atoms with Crippen molar-refractivity contribution in [2.75, 3.05) is 25.6 Å². The maximum Gasteiger partial charge on any atom is 0.183 e. The van der Waals surface area contributed by atoms with Gasteiger partial charge < -0.3 is 9.64 Å². The molecule has 5 nitrogen and oxygen atoms in total. The Morgan fingerprint density at radius 2 is 2.00 bits per heavy atom. The van der Waals surface area contributed by atoms with Crippen molar-refractivity contribution in [3.63, 3.8) is 0 Å². The van der Waals surface area contributed by atoms with E-state index in [1.165, 1.54) is 6.20 Å². The first kappa shape index (κ1) is 13.8. The van der Waals surface area contributed by atoms with Gasteiger partial charge in [-0.25, -0.2) is 9.97 Å². The van der Waals surface area contributed by atoms with Crippen LogP contribution >= 0.6 is 0 Å². The van der Waals surface area contributed by atoms with Crippen LogP contribution < -0.4 is 9.64 Å². The first-order chi connectivity index (χ1) is 9.76. The van der Waals surface area contributed by atoms with E-state index in [9.17, 15) is 0 Å². The number of aromatic nitrogens is 2. The topological polar surface area (TPSA) is 62.0 Å². The predicted molar refractivity (Wildman–Crippen MR) is 76.7 cm³/mol. The van der Waals surface area contributed by atoms with Crippen LogP contribution in [0, 0.1) is 11.3 Å². The molecule has 0 aliphatic heterocycles. The van der Waals surface area contributed by atoms with Gasteiger partial charge in [0, 0.05) is 26.0 Å². The van der Waals surface area contributed by atoms with Crippen LogP contribution in [0.15, 0.2) is 36.7 Å². The Morgan fingerprint density at radius 1 is 1.25 bits per heavy atom. The molecule has 0 amide bonds. The second-order valence-corrected chi connectivity index (χ2v) is 4.32. The minimum Gasteiger partial charge on any atom is -0.496 e. The summed E-state index contributed by atoms with van der Waals surface area (Å²) in [5, 5.41) is 9.04. The standard InChI is InChI=1S/C15H16N4O/c1-19(15-13(11-16)17-8-9-18-15)10-7-12-5-3-4-6-14(12)20-2/h3-6,8-9H,7,10H2,1-2H3. The number of hydrogen-bond acceptors (Lipinski definition) is 5. The van der Waals surface area contributed by atoms with E-state index in [1.807, 2.05) is 36.2 Å². The van der Waals surface area contributed by atoms with Gasteiger partial charge >= 0.3 is 0 Å². The molecular formula is C15H16N4O. The van der Waals surface area contributed by atoms with Crippen LogP contribution in [0.25, 0.3) is 0 Å². The van der Waals surface area contributed by atoms with Crippen LogP contribution in [-0.2, 0) is 6.42 Å². The van der Waals surface area contributed by atoms with Crippen molar-refractivity contribution in [1.29, 1.82) is 5.26 Å². The lowest BCUT2D eigenvalue weighted by Crippen LogP contribution is -2.23. The normalized spacial score (nSPS) is 9.85. The molecule has 1 heterocycles. The molecule has 0 saturated carbocycles. The van der Waals surface area contributed by atoms with Gasteiger partial charge in [-0.15, -0.1) is 0 Å². The molecule has 102 valence electrons. The average molecular weight is 268 g/mol. The highest BCUT2D eigenvalue weighted by molar-refractivity contribution is 5.49. The number of nitrogens with zero attached hydrogens (tertiary/aromatic N) is 4. The highest BCUT2D eigenvalue weighted by atomic mass is 16.5. The third kappa shape index (κ3) is 3.04. The van der Waals surface area contributed by atoms with Crippen LogP contribution in [-0.4, -0.2) is 30.7 Å². The molecule has 2 aromatic rings. The summed E-state index contributed by atoms with van der Waals surface area (Å²) in [6.45, 7) is 0.730. The lowest BCUT2D eigenvalue weighted by molar-refractivity contribution is 0.409. The highest BCUT2D eigenvalue weighted by Crippen LogP contribution is 2.19. The van der Waals surface area contributed by atoms with Crippen LogP contribution in [0.2, 0.25) is 0 Å². The molecule has 2 rings (SSSR count). The van der Waals surface area contributed by atoms with Gasteiger partial charge in [-0.3, -0.25) is 0 Å². The largest absolute Gasteiger partial charge is 0.496 e. The first-order valence-electron chi connectivity index (χ1n) is 6.30. The molecule has 0 N–H and O–H groups in total. The number of nitriles is 1. The Bertz CT molecular complexity index is 621. The monoisotopic (exact) mass is 268 g/mol. The molecule has 0 fully saturated rings. The van der Waals surface area contributed by atoms with Crippen molar-refractivity contribution in [1.82, 2.24) is 9.97 Å². The van der Waals surface area contributed by atoms with Crippen LogP contribution in [0.1, 0.15) is 11.3 Å². The molecule has 0 aliphatic rings. The number of methoxy groups -OCH3 is 1. The SMILES string of the molecule is COc1ccccc1CCN(C)c1nccnc1C#N. The zero-order valence-corrected chi connectivity index (χ0v) is 11.6. The van der Waals surface area contributed by atoms with Gasteiger partial charge in [0.15, 0.2) is 11.5 Å². The summed E-state index contributed by atoms with van der Waals surface area (Å²) in [6, 6.07) is 9.97. The Hall–Kier alpha value is -2.61. The molecular weight excluding hydrogens is 252 g/mol. The summed E-state index contributed by atoms with van der Waals surface area (Å²) in [6.07, 6.45) is 3.92. The molecule has 0 saturated heterocycles. The lowest BCUT2D eigenvalue weighted by atomic mass is 10.1. The zero-order chi connectivity index (χ0) is 14.4. The minimum absolute atomic E-state index is 0.343. The number of rotatable bonds is 5. The Labute approximate surface area is 118 Å². The van der Waals surface area contributed by atoms with Crippen molar-refractivity contribution in [2.45, 2.75) is 6.42 Å². The van der Waals surface area contributed by atoms with Crippen LogP contribution in [0.4, 0.5) is 5.82 Å². The predicted octanol–water partition coefficient (Wildman–Crippen LogP) is 2.04. The molecule has 0 bridgehead atoms. The second-order valence-electron chi connectivity index (χ2n) is 4.32. The highest BCUT2D eigenvalue weighted by Gasteiger charge is 2.10. The Kier molecular flexibility index (Phi) is 4.51. The molecule has 1 aromatic heterocycles. The van der Waals surface area contributed by atoms with Gasteiger partial charge in [0.25, 0.3) is 0 Å². The van der Waals surface area contributed by atoms with Crippen molar-refractivity contribution in [3.8, 4) is 11.8 Å². The van der Waals surface area contributed by atoms with Crippen molar-refractivity contribution >= 4 is 5.82 Å². The van der Waals surface area contributed by atoms with Crippen LogP contribution in [0.5, 0.6) is 5.75 Å². The number of ether oxygens (including phenoxy) is 1. The molecule has 0 spiro atoms. The summed E-state index contributed by atoms with van der Waals surface area (Å²) in [5.41, 5.74) is 1.47. The minimum atomic E-state index is 0.343. The first-order valence-corrected chi connectivity index (χ1v) is 6.30. The maximum atomic E-state index is 9.04. The molecule has 0 atom stereocenters. The zero-order valence-electron chi connectivity index (χ0n) is 11.6. The van der Waals surface area contributed by atoms with E-state index >= 15 is 0 Å². The van der Waals surface area contributed by atoms with Gasteiger partial charge in [0.05, 0.1) is 7.11 Å². The summed E-state index contributed by atoms with van der Waals surface area (Å²) >= 11 is 0. The van der Waals surface area contributed by atoms with Crippen LogP contribution in [0.3, 0.4) is 0 Å². The van der Waals surface area contributed by atoms with E-state index in [4.69, 9.17) is 10.00 Å². The molecule has 1 aromatic carbocycles. The van der Waals surface area contributed by atoms with Crippen molar-refractivity contribution < 1.29 is 4.74 Å². The molecule has 20 heavy (non-hydrogen) atoms. The third-order valence-corrected chi connectivity index (χ3v) is 3.06. The van der Waals surface area contributed by atoms with E-state index < -0.39 is 0 Å². The fourth-order valence-electron chi connectivity index (χ4n) is 1.99.